The summed E-state index contributed by atoms with van der Waals surface area (Å²) < 4.78 is 4.45. The zero-order valence-corrected chi connectivity index (χ0v) is 12.6. The molecule has 0 atom stereocenters. The fourth-order valence-electron chi connectivity index (χ4n) is 2.84. The van der Waals surface area contributed by atoms with Crippen molar-refractivity contribution in [3.63, 3.8) is 0 Å². The molecule has 21 heavy (non-hydrogen) atoms. The summed E-state index contributed by atoms with van der Waals surface area (Å²) in [6.07, 6.45) is 0.512. The van der Waals surface area contributed by atoms with Crippen LogP contribution in [0, 0.1) is 11.3 Å². The Morgan fingerprint density at radius 2 is 1.90 bits per heavy atom. The van der Waals surface area contributed by atoms with Gasteiger partial charge in [0, 0.05) is 18.4 Å². The largest absolute Gasteiger partial charge is 0.298 e. The van der Waals surface area contributed by atoms with Crippen molar-refractivity contribution in [3.05, 3.63) is 23.8 Å². The number of fused-ring (bicyclic) bond motifs is 1. The minimum Gasteiger partial charge on any atom is -0.298 e. The zero-order chi connectivity index (χ0) is 15.2. The molecule has 0 saturated heterocycles. The zero-order valence-electron chi connectivity index (χ0n) is 11.8. The van der Waals surface area contributed by atoms with Crippen LogP contribution in [0.15, 0.2) is 18.2 Å². The van der Waals surface area contributed by atoms with Crippen LogP contribution in [0.2, 0.25) is 0 Å². The first kappa shape index (κ1) is 14.0. The minimum atomic E-state index is -1.16. The number of rotatable bonds is 2. The van der Waals surface area contributed by atoms with E-state index in [1.165, 1.54) is 0 Å². The molecule has 1 heterocycles. The number of hydrogen-bond donors (Lipinski definition) is 0. The van der Waals surface area contributed by atoms with Crippen molar-refractivity contribution in [2.24, 2.45) is 11.3 Å². The van der Waals surface area contributed by atoms with Crippen molar-refractivity contribution in [3.8, 4) is 0 Å². The minimum absolute atomic E-state index is 0.256. The topological polar surface area (TPSA) is 77.0 Å². The van der Waals surface area contributed by atoms with E-state index in [1.54, 1.807) is 18.2 Å². The monoisotopic (exact) mass is 302 g/mol. The van der Waals surface area contributed by atoms with Crippen molar-refractivity contribution in [2.45, 2.75) is 26.7 Å². The Labute approximate surface area is 125 Å². The second-order valence-electron chi connectivity index (χ2n) is 6.17. The Hall–Kier alpha value is -1.95. The first-order valence-electron chi connectivity index (χ1n) is 6.70. The van der Waals surface area contributed by atoms with E-state index in [2.05, 4.69) is 9.59 Å². The SMILES string of the molecule is CC1(C)CC(=O)C(C(=O)c2cccc3nnsc23)C(=O)C1. The number of aromatic nitrogens is 2. The third kappa shape index (κ3) is 2.40. The predicted octanol–water partition coefficient (Wildman–Crippen LogP) is 2.45. The maximum absolute atomic E-state index is 12.7. The van der Waals surface area contributed by atoms with Crippen LogP contribution in [0.3, 0.4) is 0 Å². The average molecular weight is 302 g/mol. The molecule has 0 spiro atoms. The first-order valence-corrected chi connectivity index (χ1v) is 7.47. The summed E-state index contributed by atoms with van der Waals surface area (Å²) in [5.74, 6) is -2.14. The highest BCUT2D eigenvalue weighted by Gasteiger charge is 2.43. The van der Waals surface area contributed by atoms with E-state index in [1.807, 2.05) is 13.8 Å². The molecule has 1 aliphatic carbocycles. The maximum atomic E-state index is 12.7. The van der Waals surface area contributed by atoms with Crippen molar-refractivity contribution in [1.82, 2.24) is 9.59 Å². The molecule has 1 saturated carbocycles. The molecule has 108 valence electrons. The van der Waals surface area contributed by atoms with Crippen LogP contribution in [0.1, 0.15) is 37.0 Å². The Morgan fingerprint density at radius 3 is 2.57 bits per heavy atom. The van der Waals surface area contributed by atoms with Gasteiger partial charge >= 0.3 is 0 Å². The molecule has 5 nitrogen and oxygen atoms in total. The number of carbonyl (C=O) groups excluding carboxylic acids is 3. The van der Waals surface area contributed by atoms with Gasteiger partial charge in [-0.3, -0.25) is 14.4 Å². The molecule has 0 aliphatic heterocycles. The Bertz CT molecular complexity index is 743. The van der Waals surface area contributed by atoms with Crippen LogP contribution >= 0.6 is 11.5 Å². The lowest BCUT2D eigenvalue weighted by molar-refractivity contribution is -0.137. The van der Waals surface area contributed by atoms with Gasteiger partial charge in [-0.25, -0.2) is 0 Å². The Morgan fingerprint density at radius 1 is 1.24 bits per heavy atom. The van der Waals surface area contributed by atoms with Crippen LogP contribution in [0.5, 0.6) is 0 Å². The molecule has 2 aromatic rings. The highest BCUT2D eigenvalue weighted by Crippen LogP contribution is 2.36. The summed E-state index contributed by atoms with van der Waals surface area (Å²) in [7, 11) is 0. The molecule has 1 aromatic carbocycles. The van der Waals surface area contributed by atoms with Crippen LogP contribution in [0.4, 0.5) is 0 Å². The summed E-state index contributed by atoms with van der Waals surface area (Å²) >= 11 is 1.10. The molecule has 6 heteroatoms. The molecule has 0 N–H and O–H groups in total. The van der Waals surface area contributed by atoms with Crippen molar-refractivity contribution < 1.29 is 14.4 Å². The second kappa shape index (κ2) is 4.80. The van der Waals surface area contributed by atoms with Crippen LogP contribution in [-0.2, 0) is 9.59 Å². The lowest BCUT2D eigenvalue weighted by Gasteiger charge is -2.31. The average Bonchev–Trinajstić information content (AvgIpc) is 2.83. The van der Waals surface area contributed by atoms with E-state index in [4.69, 9.17) is 0 Å². The highest BCUT2D eigenvalue weighted by molar-refractivity contribution is 7.13. The van der Waals surface area contributed by atoms with Gasteiger partial charge in [-0.2, -0.15) is 0 Å². The first-order chi connectivity index (χ1) is 9.89. The van der Waals surface area contributed by atoms with Crippen molar-refractivity contribution in [2.75, 3.05) is 0 Å². The number of carbonyl (C=O) groups is 3. The smallest absolute Gasteiger partial charge is 0.182 e. The predicted molar refractivity (Wildman–Crippen MR) is 78.3 cm³/mol. The normalized spacial score (nSPS) is 19.1. The number of ketones is 3. The molecular formula is C15H14N2O3S. The third-order valence-corrected chi connectivity index (χ3v) is 4.53. The molecule has 0 radical (unpaired) electrons. The van der Waals surface area contributed by atoms with Crippen molar-refractivity contribution in [1.29, 1.82) is 0 Å². The van der Waals surface area contributed by atoms with Gasteiger partial charge in [0.05, 0.1) is 4.70 Å². The molecule has 0 bridgehead atoms. The molecule has 1 aromatic heterocycles. The fraction of sp³-hybridized carbons (Fsp3) is 0.400. The van der Waals surface area contributed by atoms with Gasteiger partial charge in [0.2, 0.25) is 0 Å². The van der Waals surface area contributed by atoms with Crippen LogP contribution in [0.25, 0.3) is 10.2 Å². The number of benzene rings is 1. The third-order valence-electron chi connectivity index (χ3n) is 3.75. The summed E-state index contributed by atoms with van der Waals surface area (Å²) in [4.78, 5) is 37.1. The van der Waals surface area contributed by atoms with E-state index in [0.717, 1.165) is 11.5 Å². The summed E-state index contributed by atoms with van der Waals surface area (Å²) in [6, 6.07) is 5.08. The summed E-state index contributed by atoms with van der Waals surface area (Å²) in [5, 5.41) is 3.91. The van der Waals surface area contributed by atoms with E-state index < -0.39 is 11.7 Å². The second-order valence-corrected chi connectivity index (χ2v) is 6.93. The Kier molecular flexibility index (Phi) is 3.20. The quantitative estimate of drug-likeness (QED) is 0.629. The van der Waals surface area contributed by atoms with Crippen LogP contribution in [-0.4, -0.2) is 26.9 Å². The van der Waals surface area contributed by atoms with Gasteiger partial charge in [-0.1, -0.05) is 24.4 Å². The molecule has 0 unspecified atom stereocenters. The van der Waals surface area contributed by atoms with E-state index in [9.17, 15) is 14.4 Å². The van der Waals surface area contributed by atoms with Crippen LogP contribution < -0.4 is 0 Å². The summed E-state index contributed by atoms with van der Waals surface area (Å²) in [6.45, 7) is 3.74. The standard InChI is InChI=1S/C15H14N2O3S/c1-15(2)6-10(18)12(11(19)7-15)13(20)8-4-3-5-9-14(8)21-17-16-9/h3-5,12H,6-7H2,1-2H3. The van der Waals surface area contributed by atoms with E-state index >= 15 is 0 Å². The van der Waals surface area contributed by atoms with Crippen molar-refractivity contribution >= 4 is 39.1 Å². The van der Waals surface area contributed by atoms with E-state index in [0.29, 0.717) is 15.8 Å². The molecule has 0 amide bonds. The lowest BCUT2D eigenvalue weighted by atomic mass is 9.70. The van der Waals surface area contributed by atoms with Gasteiger partial charge in [-0.05, 0) is 29.1 Å². The van der Waals surface area contributed by atoms with Gasteiger partial charge in [-0.15, -0.1) is 5.10 Å². The van der Waals surface area contributed by atoms with Gasteiger partial charge in [0.1, 0.15) is 11.4 Å². The number of hydrogen-bond acceptors (Lipinski definition) is 6. The number of nitrogens with zero attached hydrogens (tertiary/aromatic N) is 2. The summed E-state index contributed by atoms with van der Waals surface area (Å²) in [5.41, 5.74) is 0.624. The highest BCUT2D eigenvalue weighted by atomic mass is 32.1. The van der Waals surface area contributed by atoms with Gasteiger partial charge < -0.3 is 0 Å². The molecule has 1 fully saturated rings. The Balaban J connectivity index is 2.01. The van der Waals surface area contributed by atoms with Gasteiger partial charge in [0.15, 0.2) is 17.3 Å². The fourth-order valence-corrected chi connectivity index (χ4v) is 3.52. The molecule has 1 aliphatic rings. The molecule has 3 rings (SSSR count). The lowest BCUT2D eigenvalue weighted by Crippen LogP contribution is -2.41. The maximum Gasteiger partial charge on any atom is 0.182 e. The molecular weight excluding hydrogens is 288 g/mol. The van der Waals surface area contributed by atoms with E-state index in [-0.39, 0.29) is 29.8 Å². The number of Topliss-reactive ketones (excluding diaryl/α,β-unsaturated/α-hetero) is 3. The van der Waals surface area contributed by atoms with Gasteiger partial charge in [0.25, 0.3) is 0 Å².